The molecule has 2 saturated carbocycles. The lowest BCUT2D eigenvalue weighted by molar-refractivity contribution is -0.0434. The maximum absolute atomic E-state index is 6.89. The second kappa shape index (κ2) is 10.8. The van der Waals surface area contributed by atoms with Gasteiger partial charge in [0, 0.05) is 45.8 Å². The molecule has 1 aliphatic heterocycles. The van der Waals surface area contributed by atoms with Gasteiger partial charge in [-0.3, -0.25) is 4.90 Å². The average molecular weight is 584 g/mol. The summed E-state index contributed by atoms with van der Waals surface area (Å²) in [7, 11) is 3.96. The standard InChI is InChI=1S/C33H47BrN2O2/c1-8-26-13-16-29(37-7)31(38-27-14-9-22(2)10-15-27)30(26)33-19-20-36(21-25-11-12-25)24(4)32(33,5)18-17-28(33)23(3)35(6)34/h9-10,13-16,23-25,28H,8,11-12,17-21H2,1-7H3. The molecule has 5 atom stereocenters. The Labute approximate surface area is 239 Å². The Morgan fingerprint density at radius 1 is 1.11 bits per heavy atom. The molecule has 3 fully saturated rings. The molecule has 0 bridgehead atoms. The number of nitrogens with zero attached hydrogens (tertiary/aromatic N) is 2. The van der Waals surface area contributed by atoms with Crippen molar-refractivity contribution >= 4 is 16.1 Å². The van der Waals surface area contributed by atoms with Crippen LogP contribution in [0.3, 0.4) is 0 Å². The van der Waals surface area contributed by atoms with Gasteiger partial charge in [-0.2, -0.15) is 0 Å². The Bertz CT molecular complexity index is 1130. The van der Waals surface area contributed by atoms with E-state index in [4.69, 9.17) is 9.47 Å². The molecule has 38 heavy (non-hydrogen) atoms. The highest BCUT2D eigenvalue weighted by Crippen LogP contribution is 2.67. The molecule has 3 aliphatic rings. The van der Waals surface area contributed by atoms with Crippen LogP contribution in [0, 0.1) is 24.2 Å². The van der Waals surface area contributed by atoms with Crippen LogP contribution in [0.5, 0.6) is 17.2 Å². The molecule has 0 N–H and O–H groups in total. The molecule has 208 valence electrons. The van der Waals surface area contributed by atoms with E-state index in [1.54, 1.807) is 7.11 Å². The molecule has 0 amide bonds. The fraction of sp³-hybridized carbons (Fsp3) is 0.636. The summed E-state index contributed by atoms with van der Waals surface area (Å²) >= 11 is 3.86. The molecule has 5 unspecified atom stereocenters. The van der Waals surface area contributed by atoms with Crippen LogP contribution >= 0.6 is 16.1 Å². The summed E-state index contributed by atoms with van der Waals surface area (Å²) in [6, 6.07) is 13.8. The first-order valence-corrected chi connectivity index (χ1v) is 15.4. The van der Waals surface area contributed by atoms with Crippen LogP contribution in [0.4, 0.5) is 0 Å². The first kappa shape index (κ1) is 28.0. The lowest BCUT2D eigenvalue weighted by Gasteiger charge is -2.59. The van der Waals surface area contributed by atoms with E-state index < -0.39 is 0 Å². The van der Waals surface area contributed by atoms with E-state index in [1.165, 1.54) is 48.9 Å². The molecule has 2 aromatic rings. The topological polar surface area (TPSA) is 24.9 Å². The van der Waals surface area contributed by atoms with Gasteiger partial charge in [-0.05, 0) is 114 Å². The highest BCUT2D eigenvalue weighted by atomic mass is 79.9. The summed E-state index contributed by atoms with van der Waals surface area (Å²) in [6.07, 6.45) is 7.40. The van der Waals surface area contributed by atoms with Crippen LogP contribution in [0.15, 0.2) is 36.4 Å². The fourth-order valence-corrected chi connectivity index (χ4v) is 8.36. The molecule has 1 heterocycles. The van der Waals surface area contributed by atoms with Gasteiger partial charge in [0.1, 0.15) is 5.75 Å². The van der Waals surface area contributed by atoms with Crippen LogP contribution in [-0.2, 0) is 11.8 Å². The van der Waals surface area contributed by atoms with Gasteiger partial charge in [0.05, 0.1) is 7.11 Å². The molecule has 0 aromatic heterocycles. The molecular weight excluding hydrogens is 536 g/mol. The van der Waals surface area contributed by atoms with E-state index >= 15 is 0 Å². The number of aryl methyl sites for hydroxylation is 2. The van der Waals surface area contributed by atoms with Crippen molar-refractivity contribution in [2.75, 3.05) is 27.2 Å². The van der Waals surface area contributed by atoms with E-state index in [1.807, 2.05) is 0 Å². The van der Waals surface area contributed by atoms with Crippen molar-refractivity contribution < 1.29 is 9.47 Å². The van der Waals surface area contributed by atoms with Crippen molar-refractivity contribution in [2.24, 2.45) is 17.3 Å². The van der Waals surface area contributed by atoms with Crippen molar-refractivity contribution in [1.82, 2.24) is 8.83 Å². The minimum Gasteiger partial charge on any atom is -0.493 e. The molecular formula is C33H47BrN2O2. The van der Waals surface area contributed by atoms with Crippen molar-refractivity contribution in [1.29, 1.82) is 0 Å². The van der Waals surface area contributed by atoms with Gasteiger partial charge in [0.15, 0.2) is 11.5 Å². The quantitative estimate of drug-likeness (QED) is 0.278. The molecule has 0 spiro atoms. The fourth-order valence-electron chi connectivity index (χ4n) is 8.07. The predicted octanol–water partition coefficient (Wildman–Crippen LogP) is 8.15. The maximum Gasteiger partial charge on any atom is 0.173 e. The van der Waals surface area contributed by atoms with E-state index in [0.717, 1.165) is 42.6 Å². The summed E-state index contributed by atoms with van der Waals surface area (Å²) in [6.45, 7) is 14.4. The summed E-state index contributed by atoms with van der Waals surface area (Å²) in [5.74, 6) is 4.05. The molecule has 4 nitrogen and oxygen atoms in total. The molecule has 2 aliphatic carbocycles. The molecule has 5 heteroatoms. The van der Waals surface area contributed by atoms with Gasteiger partial charge in [0.25, 0.3) is 0 Å². The van der Waals surface area contributed by atoms with Crippen LogP contribution < -0.4 is 9.47 Å². The van der Waals surface area contributed by atoms with E-state index in [-0.39, 0.29) is 10.8 Å². The summed E-state index contributed by atoms with van der Waals surface area (Å²) in [5, 5.41) is 0. The Kier molecular flexibility index (Phi) is 7.94. The first-order valence-electron chi connectivity index (χ1n) is 14.7. The van der Waals surface area contributed by atoms with Gasteiger partial charge < -0.3 is 9.47 Å². The van der Waals surface area contributed by atoms with Gasteiger partial charge in [0.2, 0.25) is 0 Å². The number of piperidine rings is 1. The molecule has 0 radical (unpaired) electrons. The first-order chi connectivity index (χ1) is 18.2. The maximum atomic E-state index is 6.89. The Morgan fingerprint density at radius 2 is 1.82 bits per heavy atom. The average Bonchev–Trinajstić information content (AvgIpc) is 3.67. The van der Waals surface area contributed by atoms with Gasteiger partial charge in [-0.1, -0.05) is 37.6 Å². The highest BCUT2D eigenvalue weighted by Gasteiger charge is 2.65. The van der Waals surface area contributed by atoms with Crippen molar-refractivity contribution in [3.05, 3.63) is 53.1 Å². The number of fused-ring (bicyclic) bond motifs is 1. The molecule has 5 rings (SSSR count). The molecule has 1 saturated heterocycles. The number of methoxy groups -OCH3 is 1. The van der Waals surface area contributed by atoms with Gasteiger partial charge >= 0.3 is 0 Å². The van der Waals surface area contributed by atoms with Crippen LogP contribution in [0.25, 0.3) is 0 Å². The van der Waals surface area contributed by atoms with Crippen molar-refractivity contribution in [3.63, 3.8) is 0 Å². The van der Waals surface area contributed by atoms with E-state index in [0.29, 0.717) is 18.0 Å². The minimum atomic E-state index is -0.0200. The van der Waals surface area contributed by atoms with Crippen molar-refractivity contribution in [2.45, 2.75) is 90.6 Å². The predicted molar refractivity (Wildman–Crippen MR) is 161 cm³/mol. The van der Waals surface area contributed by atoms with Gasteiger partial charge in [-0.25, -0.2) is 3.93 Å². The van der Waals surface area contributed by atoms with Crippen LogP contribution in [0.1, 0.15) is 76.5 Å². The summed E-state index contributed by atoms with van der Waals surface area (Å²) in [5.41, 5.74) is 4.15. The minimum absolute atomic E-state index is 0.0200. The SMILES string of the molecule is CCc1ccc(OC)c(Oc2ccc(C)cc2)c1C12CCN(CC3CC3)C(C)C1(C)CCC2C(C)N(C)Br. The van der Waals surface area contributed by atoms with Crippen LogP contribution in [0.2, 0.25) is 0 Å². The second-order valence-electron chi connectivity index (χ2n) is 12.6. The molecule has 2 aromatic carbocycles. The van der Waals surface area contributed by atoms with E-state index in [2.05, 4.69) is 103 Å². The monoisotopic (exact) mass is 582 g/mol. The second-order valence-corrected chi connectivity index (χ2v) is 13.7. The normalized spacial score (nSPS) is 30.3. The zero-order valence-corrected chi connectivity index (χ0v) is 26.1. The Morgan fingerprint density at radius 3 is 2.42 bits per heavy atom. The Hall–Kier alpha value is -1.56. The third kappa shape index (κ3) is 4.61. The number of likely N-dealkylation sites (tertiary alicyclic amines) is 1. The van der Waals surface area contributed by atoms with E-state index in [9.17, 15) is 0 Å². The number of hydrogen-bond acceptors (Lipinski definition) is 4. The smallest absolute Gasteiger partial charge is 0.173 e. The van der Waals surface area contributed by atoms with Gasteiger partial charge in [-0.15, -0.1) is 0 Å². The third-order valence-electron chi connectivity index (χ3n) is 10.7. The highest BCUT2D eigenvalue weighted by molar-refractivity contribution is 9.07. The lowest BCUT2D eigenvalue weighted by atomic mass is 9.51. The zero-order chi connectivity index (χ0) is 27.2. The number of ether oxygens (including phenoxy) is 2. The largest absolute Gasteiger partial charge is 0.493 e. The zero-order valence-electron chi connectivity index (χ0n) is 24.5. The third-order valence-corrected chi connectivity index (χ3v) is 11.4. The summed E-state index contributed by atoms with van der Waals surface area (Å²) in [4.78, 5) is 2.83. The number of benzene rings is 2. The number of hydrogen-bond donors (Lipinski definition) is 0. The number of rotatable bonds is 9. The summed E-state index contributed by atoms with van der Waals surface area (Å²) < 4.78 is 15.2. The van der Waals surface area contributed by atoms with Crippen LogP contribution in [-0.4, -0.2) is 48.2 Å². The number of halogens is 1. The Balaban J connectivity index is 1.72. The lowest BCUT2D eigenvalue weighted by Crippen LogP contribution is -2.63. The van der Waals surface area contributed by atoms with Crippen molar-refractivity contribution in [3.8, 4) is 17.2 Å².